The predicted molar refractivity (Wildman–Crippen MR) is 228 cm³/mol. The lowest BCUT2D eigenvalue weighted by Crippen LogP contribution is -2.49. The molecule has 2 unspecified atom stereocenters. The van der Waals surface area contributed by atoms with Gasteiger partial charge < -0.3 is 42.1 Å². The second kappa shape index (κ2) is 18.6. The number of hydrogen-bond donors (Lipinski definition) is 10. The van der Waals surface area contributed by atoms with E-state index in [0.717, 1.165) is 17.8 Å². The van der Waals surface area contributed by atoms with Crippen molar-refractivity contribution in [2.75, 3.05) is 45.1 Å². The molecule has 0 saturated heterocycles. The molecule has 0 fully saturated rings. The predicted octanol–water partition coefficient (Wildman–Crippen LogP) is 4.68. The zero-order valence-electron chi connectivity index (χ0n) is 32.1. The molecule has 10 N–H and O–H groups in total. The molecule has 5 aromatic rings. The summed E-state index contributed by atoms with van der Waals surface area (Å²) in [6.45, 7) is 3.02. The molecule has 22 heteroatoms. The van der Waals surface area contributed by atoms with Gasteiger partial charge in [0, 0.05) is 41.3 Å². The number of nitrogens with one attached hydrogen (secondary N) is 6. The first-order chi connectivity index (χ1) is 28.6. The van der Waals surface area contributed by atoms with E-state index in [2.05, 4.69) is 61.8 Å². The summed E-state index contributed by atoms with van der Waals surface area (Å²) in [7, 11) is -11.2. The molecule has 20 nitrogen and oxygen atoms in total. The Morgan fingerprint density at radius 1 is 0.567 bits per heavy atom. The van der Waals surface area contributed by atoms with E-state index in [9.17, 15) is 36.2 Å². The van der Waals surface area contributed by atoms with Gasteiger partial charge in [0.25, 0.3) is 24.3 Å². The summed E-state index contributed by atoms with van der Waals surface area (Å²) < 4.78 is 69.9. The van der Waals surface area contributed by atoms with E-state index in [-0.39, 0.29) is 60.6 Å². The van der Waals surface area contributed by atoms with Crippen LogP contribution in [0.3, 0.4) is 0 Å². The first-order valence-electron chi connectivity index (χ1n) is 18.2. The number of para-hydroxylation sites is 2. The number of hydrogen-bond acceptors (Lipinski definition) is 18. The van der Waals surface area contributed by atoms with Gasteiger partial charge in [-0.25, -0.2) is 0 Å². The van der Waals surface area contributed by atoms with Gasteiger partial charge in [0.2, 0.25) is 35.7 Å². The molecule has 2 atom stereocenters. The number of aliphatic hydroxyl groups excluding tert-OH is 2. The average Bonchev–Trinajstić information content (AvgIpc) is 3.20. The Morgan fingerprint density at radius 3 is 1.38 bits per heavy atom. The van der Waals surface area contributed by atoms with Gasteiger partial charge in [-0.05, 0) is 67.5 Å². The fraction of sp³-hybridized carbons (Fsp3) is 0.211. The molecule has 0 bridgehead atoms. The third kappa shape index (κ3) is 10.7. The largest absolute Gasteiger partial charge is 0.394 e. The van der Waals surface area contributed by atoms with Gasteiger partial charge in [-0.3, -0.25) is 9.11 Å². The lowest BCUT2D eigenvalue weighted by atomic mass is 9.99. The lowest BCUT2D eigenvalue weighted by molar-refractivity contribution is 0.281. The molecule has 1 aliphatic rings. The van der Waals surface area contributed by atoms with Crippen LogP contribution in [0.2, 0.25) is 0 Å². The Bertz CT molecular complexity index is 2570. The van der Waals surface area contributed by atoms with Crippen molar-refractivity contribution in [3.63, 3.8) is 0 Å². The second-order valence-electron chi connectivity index (χ2n) is 13.4. The van der Waals surface area contributed by atoms with Crippen molar-refractivity contribution in [3.05, 3.63) is 120 Å². The third-order valence-electron chi connectivity index (χ3n) is 8.68. The molecule has 2 heterocycles. The smallest absolute Gasteiger partial charge is 0.292 e. The normalized spacial score (nSPS) is 15.0. The van der Waals surface area contributed by atoms with E-state index in [4.69, 9.17) is 0 Å². The van der Waals surface area contributed by atoms with Crippen molar-refractivity contribution in [1.82, 2.24) is 29.9 Å². The van der Waals surface area contributed by atoms with Crippen LogP contribution in [0.1, 0.15) is 25.8 Å². The van der Waals surface area contributed by atoms with Gasteiger partial charge in [0.15, 0.2) is 0 Å². The maximum atomic E-state index is 13.0. The van der Waals surface area contributed by atoms with E-state index in [1.54, 1.807) is 62.4 Å². The molecule has 3 aromatic carbocycles. The molecule has 0 amide bonds. The minimum absolute atomic E-state index is 0.0210. The number of anilines is 9. The molecule has 6 rings (SSSR count). The Kier molecular flexibility index (Phi) is 13.3. The van der Waals surface area contributed by atoms with Gasteiger partial charge >= 0.3 is 0 Å². The van der Waals surface area contributed by atoms with Crippen LogP contribution in [-0.4, -0.2) is 95.4 Å². The standard InChI is InChI=1S/C38H42N12O8S2/c1-24(22-51)39-32-45-34(41-28-9-5-3-6-10-28)49-36(47-32)43-30-18-14-26(15-19-30)13-16-27-17-20-31(21-38(27,59(53,54)55)60(56,57)58)44-37-48-33(40-25(2)23-52)46-35(50-37)42-29-11-7-4-8-12-29/h3-20,24-25,51-52H,21-23H2,1-2H3,(H,53,54,55)(H,56,57,58)(H3,39,41,43,45,47,49)(H3,40,42,44,46,48,50). The number of nitrogens with zero attached hydrogens (tertiary/aromatic N) is 6. The van der Waals surface area contributed by atoms with Gasteiger partial charge in [-0.15, -0.1) is 0 Å². The maximum Gasteiger partial charge on any atom is 0.292 e. The first-order valence-corrected chi connectivity index (χ1v) is 21.1. The Morgan fingerprint density at radius 2 is 0.967 bits per heavy atom. The molecule has 1 aliphatic carbocycles. The molecular weight excluding hydrogens is 817 g/mol. The zero-order chi connectivity index (χ0) is 42.9. The molecule has 2 aromatic heterocycles. The Hall–Kier alpha value is -6.56. The van der Waals surface area contributed by atoms with Crippen molar-refractivity contribution in [2.45, 2.75) is 36.4 Å². The van der Waals surface area contributed by atoms with Crippen molar-refractivity contribution < 1.29 is 36.2 Å². The number of rotatable bonds is 18. The summed E-state index contributed by atoms with van der Waals surface area (Å²) >= 11 is 0. The van der Waals surface area contributed by atoms with Crippen molar-refractivity contribution in [1.29, 1.82) is 0 Å². The van der Waals surface area contributed by atoms with E-state index >= 15 is 0 Å². The summed E-state index contributed by atoms with van der Waals surface area (Å²) in [5.74, 6) is 0.513. The monoisotopic (exact) mass is 858 g/mol. The molecule has 0 aliphatic heterocycles. The molecule has 60 heavy (non-hydrogen) atoms. The molecule has 0 saturated carbocycles. The summed E-state index contributed by atoms with van der Waals surface area (Å²) in [4.78, 5) is 26.1. The Labute approximate surface area is 345 Å². The van der Waals surface area contributed by atoms with Crippen LogP contribution >= 0.6 is 0 Å². The minimum Gasteiger partial charge on any atom is -0.394 e. The second-order valence-corrected chi connectivity index (χ2v) is 17.0. The average molecular weight is 859 g/mol. The Balaban J connectivity index is 1.26. The quantitative estimate of drug-likeness (QED) is 0.0535. The molecule has 0 spiro atoms. The molecule has 0 radical (unpaired) electrons. The van der Waals surface area contributed by atoms with E-state index < -0.39 is 42.4 Å². The van der Waals surface area contributed by atoms with Gasteiger partial charge in [-0.1, -0.05) is 66.8 Å². The van der Waals surface area contributed by atoms with E-state index in [1.165, 1.54) is 12.2 Å². The first kappa shape index (κ1) is 43.0. The van der Waals surface area contributed by atoms with Gasteiger partial charge in [0.05, 0.1) is 13.2 Å². The number of allylic oxidation sites excluding steroid dienone is 4. The van der Waals surface area contributed by atoms with E-state index in [1.807, 2.05) is 36.4 Å². The zero-order valence-corrected chi connectivity index (χ0v) is 33.7. The van der Waals surface area contributed by atoms with Gasteiger partial charge in [0.1, 0.15) is 0 Å². The fourth-order valence-electron chi connectivity index (χ4n) is 5.68. The molecule has 314 valence electrons. The van der Waals surface area contributed by atoms with Gasteiger partial charge in [-0.2, -0.15) is 46.7 Å². The van der Waals surface area contributed by atoms with Crippen molar-refractivity contribution in [3.8, 4) is 0 Å². The third-order valence-corrected chi connectivity index (χ3v) is 12.4. The summed E-state index contributed by atoms with van der Waals surface area (Å²) in [6, 6.07) is 23.9. The van der Waals surface area contributed by atoms with Crippen LogP contribution < -0.4 is 31.9 Å². The van der Waals surface area contributed by atoms with Crippen LogP contribution in [0.5, 0.6) is 0 Å². The van der Waals surface area contributed by atoms with Crippen LogP contribution in [0.15, 0.2) is 114 Å². The van der Waals surface area contributed by atoms with Crippen LogP contribution in [0, 0.1) is 0 Å². The summed E-state index contributed by atoms with van der Waals surface area (Å²) in [6.07, 6.45) is 4.09. The highest BCUT2D eigenvalue weighted by molar-refractivity contribution is 8.05. The highest BCUT2D eigenvalue weighted by atomic mass is 32.3. The van der Waals surface area contributed by atoms with Crippen molar-refractivity contribution in [2.24, 2.45) is 0 Å². The minimum atomic E-state index is -5.58. The number of aromatic nitrogens is 6. The van der Waals surface area contributed by atoms with Crippen LogP contribution in [0.4, 0.5) is 52.8 Å². The van der Waals surface area contributed by atoms with E-state index in [0.29, 0.717) is 16.9 Å². The fourth-order valence-corrected chi connectivity index (χ4v) is 8.29. The summed E-state index contributed by atoms with van der Waals surface area (Å²) in [5, 5.41) is 37.0. The van der Waals surface area contributed by atoms with Crippen LogP contribution in [0.25, 0.3) is 6.08 Å². The number of aliphatic hydroxyl groups is 2. The molecular formula is C38H42N12O8S2. The van der Waals surface area contributed by atoms with Crippen molar-refractivity contribution >= 4 is 79.1 Å². The number of benzene rings is 3. The lowest BCUT2D eigenvalue weighted by Gasteiger charge is -2.32. The highest BCUT2D eigenvalue weighted by Crippen LogP contribution is 2.42. The van der Waals surface area contributed by atoms with Crippen LogP contribution in [-0.2, 0) is 20.2 Å². The highest BCUT2D eigenvalue weighted by Gasteiger charge is 2.58. The summed E-state index contributed by atoms with van der Waals surface area (Å²) in [5.41, 5.74) is 1.83. The topological polar surface area (TPSA) is 299 Å². The maximum absolute atomic E-state index is 13.0. The SMILES string of the molecule is CC(CO)Nc1nc(NC2=CC=C(C=Cc3ccc(Nc4nc(Nc5ccccc5)nc(NC(C)CO)n4)cc3)C(S(=O)(=O)O)(S(=O)(=O)O)C2)nc(Nc2ccccc2)n1.